The first-order valence-electron chi connectivity index (χ1n) is 25.2. The number of hydrogen-bond donors (Lipinski definition) is 1. The van der Waals surface area contributed by atoms with Crippen molar-refractivity contribution in [2.45, 2.75) is 226 Å². The standard InChI is InChI=1S/C52H89N3O6S/c1-6-9-12-15-17-18-19-20-21-22-23-24-25-27-30-36-47(56)53-51-50(52(59)60-42-33-40-54(4)5)45-39-41-55(43-46(45)62-51)48(57)37-31-32-38-49(58)61-44(34-28-14-11-8-3)35-29-26-16-13-10-7-2/h17-18,20-21,44H,6-16,19,22-43H2,1-5H3,(H,53,56)/b18-17-,21-20-. The number of amides is 2. The first-order valence-corrected chi connectivity index (χ1v) is 26.0. The van der Waals surface area contributed by atoms with Gasteiger partial charge in [0.05, 0.1) is 18.7 Å². The molecule has 0 bridgehead atoms. The first kappa shape index (κ1) is 55.2. The second-order valence-electron chi connectivity index (χ2n) is 17.8. The van der Waals surface area contributed by atoms with Crippen LogP contribution >= 0.6 is 11.3 Å². The second kappa shape index (κ2) is 36.4. The number of fused-ring (bicyclic) bond motifs is 1. The van der Waals surface area contributed by atoms with Crippen molar-refractivity contribution < 1.29 is 28.7 Å². The molecule has 1 aromatic rings. The number of hydrogen-bond acceptors (Lipinski definition) is 8. The van der Waals surface area contributed by atoms with Crippen molar-refractivity contribution in [1.29, 1.82) is 0 Å². The van der Waals surface area contributed by atoms with Crippen LogP contribution in [0.3, 0.4) is 0 Å². The van der Waals surface area contributed by atoms with Gasteiger partial charge in [-0.25, -0.2) is 4.79 Å². The minimum absolute atomic E-state index is 0.000761. The topological polar surface area (TPSA) is 105 Å². The molecule has 1 aliphatic heterocycles. The van der Waals surface area contributed by atoms with Crippen LogP contribution in [0.5, 0.6) is 0 Å². The lowest BCUT2D eigenvalue weighted by molar-refractivity contribution is -0.150. The molecule has 1 aliphatic rings. The van der Waals surface area contributed by atoms with E-state index in [0.717, 1.165) is 94.0 Å². The fraction of sp³-hybridized carbons (Fsp3) is 0.769. The molecule has 0 fully saturated rings. The van der Waals surface area contributed by atoms with E-state index in [2.05, 4.69) is 55.3 Å². The zero-order valence-electron chi connectivity index (χ0n) is 40.2. The summed E-state index contributed by atoms with van der Waals surface area (Å²) in [6.07, 6.45) is 39.0. The van der Waals surface area contributed by atoms with E-state index in [1.165, 1.54) is 88.4 Å². The highest BCUT2D eigenvalue weighted by molar-refractivity contribution is 7.17. The average Bonchev–Trinajstić information content (AvgIpc) is 3.61. The summed E-state index contributed by atoms with van der Waals surface area (Å²) in [6.45, 7) is 8.70. The molecule has 62 heavy (non-hydrogen) atoms. The molecule has 1 aromatic heterocycles. The summed E-state index contributed by atoms with van der Waals surface area (Å²) in [5.41, 5.74) is 1.34. The number of allylic oxidation sites excluding steroid dienone is 4. The van der Waals surface area contributed by atoms with Gasteiger partial charge < -0.3 is 24.6 Å². The van der Waals surface area contributed by atoms with Crippen LogP contribution in [0.1, 0.15) is 228 Å². The largest absolute Gasteiger partial charge is 0.462 e. The normalized spacial score (nSPS) is 13.3. The third kappa shape index (κ3) is 26.0. The Morgan fingerprint density at radius 3 is 1.94 bits per heavy atom. The maximum atomic E-state index is 13.5. The lowest BCUT2D eigenvalue weighted by atomic mass is 10.0. The minimum Gasteiger partial charge on any atom is -0.462 e. The predicted octanol–water partition coefficient (Wildman–Crippen LogP) is 13.7. The molecule has 9 nitrogen and oxygen atoms in total. The summed E-state index contributed by atoms with van der Waals surface area (Å²) in [7, 11) is 3.98. The van der Waals surface area contributed by atoms with E-state index in [1.54, 1.807) is 0 Å². The van der Waals surface area contributed by atoms with Crippen LogP contribution in [0, 0.1) is 0 Å². The van der Waals surface area contributed by atoms with Gasteiger partial charge in [0.25, 0.3) is 0 Å². The molecule has 2 rings (SSSR count). The Kier molecular flexibility index (Phi) is 32.4. The highest BCUT2D eigenvalue weighted by Crippen LogP contribution is 2.38. The van der Waals surface area contributed by atoms with Gasteiger partial charge in [-0.3, -0.25) is 14.4 Å². The van der Waals surface area contributed by atoms with E-state index in [1.807, 2.05) is 19.0 Å². The molecule has 0 aliphatic carbocycles. The van der Waals surface area contributed by atoms with Crippen molar-refractivity contribution in [2.75, 3.05) is 39.1 Å². The summed E-state index contributed by atoms with van der Waals surface area (Å²) in [6, 6.07) is 0. The summed E-state index contributed by atoms with van der Waals surface area (Å²) in [5.74, 6) is -0.589. The monoisotopic (exact) mass is 884 g/mol. The Labute approximate surface area is 382 Å². The molecule has 1 atom stereocenters. The number of ether oxygens (including phenoxy) is 2. The fourth-order valence-electron chi connectivity index (χ4n) is 7.99. The first-order chi connectivity index (χ1) is 30.2. The molecule has 10 heteroatoms. The number of esters is 2. The van der Waals surface area contributed by atoms with Gasteiger partial charge in [-0.15, -0.1) is 11.3 Å². The number of nitrogens with one attached hydrogen (secondary N) is 1. The van der Waals surface area contributed by atoms with E-state index >= 15 is 0 Å². The molecule has 0 spiro atoms. The van der Waals surface area contributed by atoms with Gasteiger partial charge >= 0.3 is 11.9 Å². The fourth-order valence-corrected chi connectivity index (χ4v) is 9.25. The number of nitrogens with zero attached hydrogens (tertiary/aromatic N) is 2. The van der Waals surface area contributed by atoms with Crippen molar-refractivity contribution in [3.63, 3.8) is 0 Å². The smallest absolute Gasteiger partial charge is 0.341 e. The average molecular weight is 884 g/mol. The van der Waals surface area contributed by atoms with Crippen LogP contribution < -0.4 is 5.32 Å². The van der Waals surface area contributed by atoms with E-state index in [4.69, 9.17) is 9.47 Å². The van der Waals surface area contributed by atoms with E-state index in [-0.39, 0.29) is 23.9 Å². The van der Waals surface area contributed by atoms with Crippen LogP contribution in [-0.4, -0.2) is 73.4 Å². The molecule has 0 saturated heterocycles. The molecular formula is C52H89N3O6S. The molecular weight excluding hydrogens is 795 g/mol. The number of rotatable bonds is 38. The van der Waals surface area contributed by atoms with Crippen molar-refractivity contribution in [1.82, 2.24) is 9.80 Å². The minimum atomic E-state index is -0.407. The van der Waals surface area contributed by atoms with Gasteiger partial charge in [0.1, 0.15) is 11.1 Å². The summed E-state index contributed by atoms with van der Waals surface area (Å²) >= 11 is 1.40. The van der Waals surface area contributed by atoms with Gasteiger partial charge in [-0.05, 0) is 110 Å². The predicted molar refractivity (Wildman–Crippen MR) is 260 cm³/mol. The third-order valence-corrected chi connectivity index (χ3v) is 12.9. The zero-order chi connectivity index (χ0) is 45.0. The van der Waals surface area contributed by atoms with E-state index < -0.39 is 5.97 Å². The molecule has 1 N–H and O–H groups in total. The maximum absolute atomic E-state index is 13.5. The van der Waals surface area contributed by atoms with Crippen molar-refractivity contribution in [3.8, 4) is 0 Å². The molecule has 2 heterocycles. The van der Waals surface area contributed by atoms with Gasteiger partial charge in [-0.2, -0.15) is 0 Å². The van der Waals surface area contributed by atoms with Gasteiger partial charge in [-0.1, -0.05) is 129 Å². The number of carbonyl (C=O) groups excluding carboxylic acids is 4. The van der Waals surface area contributed by atoms with Crippen molar-refractivity contribution in [2.24, 2.45) is 0 Å². The van der Waals surface area contributed by atoms with Crippen LogP contribution in [0.2, 0.25) is 0 Å². The molecule has 2 amide bonds. The highest BCUT2D eigenvalue weighted by Gasteiger charge is 2.31. The van der Waals surface area contributed by atoms with Gasteiger partial charge in [0.15, 0.2) is 0 Å². The Morgan fingerprint density at radius 2 is 1.26 bits per heavy atom. The van der Waals surface area contributed by atoms with E-state index in [0.29, 0.717) is 68.8 Å². The second-order valence-corrected chi connectivity index (χ2v) is 18.9. The molecule has 0 radical (unpaired) electrons. The number of carbonyl (C=O) groups is 4. The molecule has 0 aromatic carbocycles. The van der Waals surface area contributed by atoms with Crippen LogP contribution in [0.25, 0.3) is 0 Å². The number of unbranched alkanes of at least 4 members (excludes halogenated alkanes) is 17. The number of thiophene rings is 1. The Bertz CT molecular complexity index is 1420. The van der Waals surface area contributed by atoms with Gasteiger partial charge in [0.2, 0.25) is 11.8 Å². The van der Waals surface area contributed by atoms with Crippen LogP contribution in [0.4, 0.5) is 5.00 Å². The van der Waals surface area contributed by atoms with Crippen LogP contribution in [-0.2, 0) is 36.8 Å². The van der Waals surface area contributed by atoms with Crippen molar-refractivity contribution in [3.05, 3.63) is 40.3 Å². The summed E-state index contributed by atoms with van der Waals surface area (Å²) < 4.78 is 11.7. The lowest BCUT2D eigenvalue weighted by Gasteiger charge is -2.27. The zero-order valence-corrected chi connectivity index (χ0v) is 41.0. The van der Waals surface area contributed by atoms with E-state index in [9.17, 15) is 19.2 Å². The maximum Gasteiger partial charge on any atom is 0.341 e. The Hall–Kier alpha value is -2.98. The molecule has 1 unspecified atom stereocenters. The quantitative estimate of drug-likeness (QED) is 0.0400. The Balaban J connectivity index is 1.85. The molecule has 0 saturated carbocycles. The molecule has 354 valence electrons. The SMILES string of the molecule is CCCCC/C=C\C/C=C\CCCCCCCC(=O)Nc1sc2c(c1C(=O)OCCCN(C)C)CCN(C(=O)CCCCC(=O)OC(CCCCCC)CCCCCCCC)C2. The van der Waals surface area contributed by atoms with Gasteiger partial charge in [0, 0.05) is 37.2 Å². The summed E-state index contributed by atoms with van der Waals surface area (Å²) in [5, 5.41) is 3.60. The number of anilines is 1. The van der Waals surface area contributed by atoms with Crippen molar-refractivity contribution >= 4 is 40.1 Å². The lowest BCUT2D eigenvalue weighted by Crippen LogP contribution is -2.35. The Morgan fingerprint density at radius 1 is 0.694 bits per heavy atom. The third-order valence-electron chi connectivity index (χ3n) is 11.8. The highest BCUT2D eigenvalue weighted by atomic mass is 32.1. The van der Waals surface area contributed by atoms with Crippen LogP contribution in [0.15, 0.2) is 24.3 Å². The summed E-state index contributed by atoms with van der Waals surface area (Å²) in [4.78, 5) is 57.8.